The number of amides is 1. The number of aryl methyl sites for hydroxylation is 1. The first kappa shape index (κ1) is 13.7. The number of hydrogen-bond acceptors (Lipinski definition) is 4. The maximum Gasteiger partial charge on any atom is 0.263 e. The highest BCUT2D eigenvalue weighted by Gasteiger charge is 2.10. The first-order valence-corrected chi connectivity index (χ1v) is 6.96. The summed E-state index contributed by atoms with van der Waals surface area (Å²) in [6.07, 6.45) is 2.45. The lowest BCUT2D eigenvalue weighted by Crippen LogP contribution is -2.22. The van der Waals surface area contributed by atoms with Crippen LogP contribution < -0.4 is 5.32 Å². The zero-order valence-corrected chi connectivity index (χ0v) is 11.5. The standard InChI is InChI=1S/C14H16N2O2S/c1-2-13-15-8-12(19-13)14(18)16-7-10-5-3-4-6-11(10)9-17/h3-6,8,17H,2,7,9H2,1H3,(H,16,18). The lowest BCUT2D eigenvalue weighted by atomic mass is 10.1. The van der Waals surface area contributed by atoms with Gasteiger partial charge in [0, 0.05) is 6.54 Å². The van der Waals surface area contributed by atoms with Crippen LogP contribution in [0, 0.1) is 0 Å². The van der Waals surface area contributed by atoms with Crippen molar-refractivity contribution in [1.29, 1.82) is 0 Å². The van der Waals surface area contributed by atoms with Gasteiger partial charge in [-0.2, -0.15) is 0 Å². The molecule has 2 N–H and O–H groups in total. The molecule has 0 fully saturated rings. The Labute approximate surface area is 116 Å². The number of aliphatic hydroxyl groups is 1. The molecule has 4 nitrogen and oxygen atoms in total. The summed E-state index contributed by atoms with van der Waals surface area (Å²) in [5.41, 5.74) is 1.76. The quantitative estimate of drug-likeness (QED) is 0.879. The average Bonchev–Trinajstić information content (AvgIpc) is 2.94. The molecule has 0 aliphatic rings. The molecule has 0 atom stereocenters. The van der Waals surface area contributed by atoms with Crippen molar-refractivity contribution < 1.29 is 9.90 Å². The fourth-order valence-electron chi connectivity index (χ4n) is 1.73. The van der Waals surface area contributed by atoms with E-state index in [-0.39, 0.29) is 12.5 Å². The molecule has 1 aromatic carbocycles. The fourth-order valence-corrected chi connectivity index (χ4v) is 2.50. The van der Waals surface area contributed by atoms with E-state index in [1.165, 1.54) is 11.3 Å². The maximum atomic E-state index is 11.9. The Morgan fingerprint density at radius 3 is 2.74 bits per heavy atom. The molecule has 0 aliphatic heterocycles. The van der Waals surface area contributed by atoms with Crippen molar-refractivity contribution >= 4 is 17.2 Å². The number of carbonyl (C=O) groups excluding carboxylic acids is 1. The normalized spacial score (nSPS) is 10.4. The zero-order chi connectivity index (χ0) is 13.7. The van der Waals surface area contributed by atoms with E-state index in [9.17, 15) is 9.90 Å². The van der Waals surface area contributed by atoms with Crippen LogP contribution in [0.15, 0.2) is 30.5 Å². The number of thiazole rings is 1. The molecule has 0 bridgehead atoms. The Morgan fingerprint density at radius 2 is 2.11 bits per heavy atom. The maximum absolute atomic E-state index is 11.9. The predicted octanol–water partition coefficient (Wildman–Crippen LogP) is 2.13. The van der Waals surface area contributed by atoms with Gasteiger partial charge in [0.15, 0.2) is 0 Å². The van der Waals surface area contributed by atoms with Crippen molar-refractivity contribution in [3.63, 3.8) is 0 Å². The molecular formula is C14H16N2O2S. The number of hydrogen-bond donors (Lipinski definition) is 2. The third kappa shape index (κ3) is 3.39. The number of benzene rings is 1. The van der Waals surface area contributed by atoms with E-state index >= 15 is 0 Å². The van der Waals surface area contributed by atoms with Gasteiger partial charge in [0.25, 0.3) is 5.91 Å². The smallest absolute Gasteiger partial charge is 0.263 e. The molecule has 0 aliphatic carbocycles. The number of nitrogens with one attached hydrogen (secondary N) is 1. The van der Waals surface area contributed by atoms with Crippen molar-refractivity contribution in [1.82, 2.24) is 10.3 Å². The van der Waals surface area contributed by atoms with Gasteiger partial charge >= 0.3 is 0 Å². The van der Waals surface area contributed by atoms with Crippen LogP contribution >= 0.6 is 11.3 Å². The van der Waals surface area contributed by atoms with E-state index in [1.54, 1.807) is 6.20 Å². The Morgan fingerprint density at radius 1 is 1.37 bits per heavy atom. The molecule has 1 heterocycles. The van der Waals surface area contributed by atoms with Gasteiger partial charge in [-0.1, -0.05) is 31.2 Å². The summed E-state index contributed by atoms with van der Waals surface area (Å²) >= 11 is 1.41. The summed E-state index contributed by atoms with van der Waals surface area (Å²) in [6, 6.07) is 7.51. The second kappa shape index (κ2) is 6.45. The van der Waals surface area contributed by atoms with E-state index in [1.807, 2.05) is 31.2 Å². The largest absolute Gasteiger partial charge is 0.392 e. The van der Waals surface area contributed by atoms with Crippen molar-refractivity contribution in [3.05, 3.63) is 51.5 Å². The minimum absolute atomic E-state index is 0.0212. The highest BCUT2D eigenvalue weighted by Crippen LogP contribution is 2.14. The lowest BCUT2D eigenvalue weighted by Gasteiger charge is -2.07. The first-order chi connectivity index (χ1) is 9.24. The minimum Gasteiger partial charge on any atom is -0.392 e. The number of nitrogens with zero attached hydrogens (tertiary/aromatic N) is 1. The Bertz CT molecular complexity index is 566. The van der Waals surface area contributed by atoms with Crippen LogP contribution in [0.2, 0.25) is 0 Å². The number of aromatic nitrogens is 1. The second-order valence-electron chi connectivity index (χ2n) is 4.08. The lowest BCUT2D eigenvalue weighted by molar-refractivity contribution is 0.0954. The first-order valence-electron chi connectivity index (χ1n) is 6.15. The van der Waals surface area contributed by atoms with Crippen molar-refractivity contribution in [2.75, 3.05) is 0 Å². The fraction of sp³-hybridized carbons (Fsp3) is 0.286. The third-order valence-electron chi connectivity index (χ3n) is 2.81. The van der Waals surface area contributed by atoms with E-state index < -0.39 is 0 Å². The predicted molar refractivity (Wildman–Crippen MR) is 75.0 cm³/mol. The average molecular weight is 276 g/mol. The number of rotatable bonds is 5. The summed E-state index contributed by atoms with van der Waals surface area (Å²) in [5.74, 6) is -0.120. The van der Waals surface area contributed by atoms with E-state index in [0.29, 0.717) is 11.4 Å². The van der Waals surface area contributed by atoms with E-state index in [0.717, 1.165) is 22.6 Å². The van der Waals surface area contributed by atoms with Gasteiger partial charge < -0.3 is 10.4 Å². The molecule has 0 saturated heterocycles. The van der Waals surface area contributed by atoms with E-state index in [4.69, 9.17) is 0 Å². The molecule has 1 aromatic heterocycles. The third-order valence-corrected chi connectivity index (χ3v) is 3.95. The van der Waals surface area contributed by atoms with Gasteiger partial charge in [-0.05, 0) is 17.5 Å². The summed E-state index contributed by atoms with van der Waals surface area (Å²) in [6.45, 7) is 2.40. The molecule has 2 aromatic rings. The molecule has 0 saturated carbocycles. The van der Waals surface area contributed by atoms with Gasteiger partial charge in [0.2, 0.25) is 0 Å². The van der Waals surface area contributed by atoms with Crippen LogP contribution in [0.5, 0.6) is 0 Å². The summed E-state index contributed by atoms with van der Waals surface area (Å²) in [7, 11) is 0. The second-order valence-corrected chi connectivity index (χ2v) is 5.20. The molecule has 1 amide bonds. The Kier molecular flexibility index (Phi) is 4.65. The molecule has 0 spiro atoms. The highest BCUT2D eigenvalue weighted by molar-refractivity contribution is 7.13. The molecule has 100 valence electrons. The van der Waals surface area contributed by atoms with Crippen LogP contribution in [0.1, 0.15) is 32.7 Å². The van der Waals surface area contributed by atoms with Gasteiger partial charge in [-0.3, -0.25) is 4.79 Å². The summed E-state index contributed by atoms with van der Waals surface area (Å²) in [5, 5.41) is 13.0. The zero-order valence-electron chi connectivity index (χ0n) is 10.7. The van der Waals surface area contributed by atoms with Crippen molar-refractivity contribution in [2.24, 2.45) is 0 Å². The summed E-state index contributed by atoms with van der Waals surface area (Å²) < 4.78 is 0. The molecule has 0 radical (unpaired) electrons. The molecular weight excluding hydrogens is 260 g/mol. The van der Waals surface area contributed by atoms with Gasteiger partial charge in [0.1, 0.15) is 4.88 Å². The Balaban J connectivity index is 2.00. The summed E-state index contributed by atoms with van der Waals surface area (Å²) in [4.78, 5) is 16.7. The Hall–Kier alpha value is -1.72. The van der Waals surface area contributed by atoms with Crippen molar-refractivity contribution in [3.8, 4) is 0 Å². The topological polar surface area (TPSA) is 62.2 Å². The molecule has 19 heavy (non-hydrogen) atoms. The monoisotopic (exact) mass is 276 g/mol. The highest BCUT2D eigenvalue weighted by atomic mass is 32.1. The number of aliphatic hydroxyl groups excluding tert-OH is 1. The van der Waals surface area contributed by atoms with Crippen LogP contribution in [0.4, 0.5) is 0 Å². The van der Waals surface area contributed by atoms with Gasteiger partial charge in [0.05, 0.1) is 17.8 Å². The van der Waals surface area contributed by atoms with Gasteiger partial charge in [-0.25, -0.2) is 4.98 Å². The molecule has 2 rings (SSSR count). The van der Waals surface area contributed by atoms with Crippen LogP contribution in [0.3, 0.4) is 0 Å². The van der Waals surface area contributed by atoms with Crippen LogP contribution in [0.25, 0.3) is 0 Å². The van der Waals surface area contributed by atoms with Crippen molar-refractivity contribution in [2.45, 2.75) is 26.5 Å². The minimum atomic E-state index is -0.120. The SMILES string of the molecule is CCc1ncc(C(=O)NCc2ccccc2CO)s1. The number of carbonyl (C=O) groups is 1. The van der Waals surface area contributed by atoms with E-state index in [2.05, 4.69) is 10.3 Å². The molecule has 5 heteroatoms. The molecule has 0 unspecified atom stereocenters. The van der Waals surface area contributed by atoms with Crippen LogP contribution in [-0.2, 0) is 19.6 Å². The van der Waals surface area contributed by atoms with Crippen LogP contribution in [-0.4, -0.2) is 16.0 Å². The van der Waals surface area contributed by atoms with Gasteiger partial charge in [-0.15, -0.1) is 11.3 Å².